The number of nitrogens with zero attached hydrogens (tertiary/aromatic N) is 3. The lowest BCUT2D eigenvalue weighted by Crippen LogP contribution is -2.32. The van der Waals surface area contributed by atoms with Gasteiger partial charge >= 0.3 is 12.4 Å². The number of urea groups is 1. The maximum absolute atomic E-state index is 12.7. The first-order valence-corrected chi connectivity index (χ1v) is 8.56. The number of hydrogen-bond acceptors (Lipinski definition) is 4. The molecule has 9 heteroatoms. The minimum Gasteiger partial charge on any atom is -0.406 e. The van der Waals surface area contributed by atoms with Crippen molar-refractivity contribution in [2.24, 2.45) is 0 Å². The van der Waals surface area contributed by atoms with Crippen molar-refractivity contribution >= 4 is 17.6 Å². The van der Waals surface area contributed by atoms with E-state index in [2.05, 4.69) is 9.72 Å². The Morgan fingerprint density at radius 3 is 2.43 bits per heavy atom. The van der Waals surface area contributed by atoms with Gasteiger partial charge in [-0.3, -0.25) is 9.78 Å². The van der Waals surface area contributed by atoms with Crippen LogP contribution in [0.25, 0.3) is 0 Å². The average Bonchev–Trinajstić information content (AvgIpc) is 2.88. The molecule has 0 aliphatic carbocycles. The van der Waals surface area contributed by atoms with Crippen LogP contribution in [0.3, 0.4) is 0 Å². The summed E-state index contributed by atoms with van der Waals surface area (Å²) in [6.45, 7) is 4.13. The maximum Gasteiger partial charge on any atom is 0.573 e. The van der Waals surface area contributed by atoms with E-state index in [0.29, 0.717) is 0 Å². The van der Waals surface area contributed by atoms with Gasteiger partial charge in [0, 0.05) is 18.4 Å². The van der Waals surface area contributed by atoms with E-state index in [0.717, 1.165) is 28.3 Å². The number of hydrogen-bond donors (Lipinski definition) is 0. The van der Waals surface area contributed by atoms with Gasteiger partial charge in [0.25, 0.3) is 5.91 Å². The lowest BCUT2D eigenvalue weighted by molar-refractivity contribution is -0.274. The Bertz CT molecular complexity index is 882. The maximum atomic E-state index is 12.7. The number of imide groups is 1. The molecule has 0 N–H and O–H groups in total. The number of halogens is 3. The highest BCUT2D eigenvalue weighted by molar-refractivity contribution is 6.19. The van der Waals surface area contributed by atoms with Gasteiger partial charge < -0.3 is 9.64 Å². The fourth-order valence-corrected chi connectivity index (χ4v) is 2.85. The molecule has 6 nitrogen and oxygen atoms in total. The van der Waals surface area contributed by atoms with Gasteiger partial charge in [0.1, 0.15) is 12.3 Å². The van der Waals surface area contributed by atoms with Crippen LogP contribution in [0.15, 0.2) is 42.6 Å². The van der Waals surface area contributed by atoms with E-state index in [1.165, 1.54) is 17.0 Å². The highest BCUT2D eigenvalue weighted by Crippen LogP contribution is 2.28. The van der Waals surface area contributed by atoms with E-state index < -0.39 is 24.1 Å². The summed E-state index contributed by atoms with van der Waals surface area (Å²) in [5.74, 6) is -0.650. The van der Waals surface area contributed by atoms with E-state index in [1.54, 1.807) is 12.3 Å². The second-order valence-corrected chi connectivity index (χ2v) is 6.65. The molecule has 2 heterocycles. The van der Waals surface area contributed by atoms with Gasteiger partial charge in [-0.05, 0) is 47.9 Å². The first kappa shape index (κ1) is 19.7. The van der Waals surface area contributed by atoms with Crippen molar-refractivity contribution in [1.29, 1.82) is 0 Å². The molecule has 2 aromatic rings. The zero-order valence-corrected chi connectivity index (χ0v) is 15.2. The summed E-state index contributed by atoms with van der Waals surface area (Å²) >= 11 is 0. The fourth-order valence-electron chi connectivity index (χ4n) is 2.85. The Labute approximate surface area is 159 Å². The molecular formula is C19H18F3N3O3. The van der Waals surface area contributed by atoms with Gasteiger partial charge in [-0.2, -0.15) is 0 Å². The van der Waals surface area contributed by atoms with Gasteiger partial charge in [-0.15, -0.1) is 13.2 Å². The number of benzene rings is 1. The number of rotatable bonds is 5. The SMILES string of the molecule is CC(C)c1cc(CN2CC(=O)N(c3ccc(OC(F)(F)F)cc3)C2=O)ccn1. The molecule has 0 atom stereocenters. The van der Waals surface area contributed by atoms with Crippen molar-refractivity contribution < 1.29 is 27.5 Å². The third-order valence-corrected chi connectivity index (χ3v) is 4.18. The minimum atomic E-state index is -4.81. The Morgan fingerprint density at radius 2 is 1.82 bits per heavy atom. The molecule has 1 aromatic carbocycles. The van der Waals surface area contributed by atoms with Crippen LogP contribution < -0.4 is 9.64 Å². The first-order chi connectivity index (χ1) is 13.1. The van der Waals surface area contributed by atoms with Crippen molar-refractivity contribution in [2.45, 2.75) is 32.7 Å². The molecule has 1 fully saturated rings. The molecule has 3 rings (SSSR count). The third kappa shape index (κ3) is 4.41. The number of anilines is 1. The van der Waals surface area contributed by atoms with Crippen LogP contribution in [0.1, 0.15) is 31.0 Å². The average molecular weight is 393 g/mol. The molecule has 1 aromatic heterocycles. The molecule has 1 aliphatic rings. The molecule has 0 saturated carbocycles. The molecule has 0 spiro atoms. The van der Waals surface area contributed by atoms with Crippen molar-refractivity contribution in [2.75, 3.05) is 11.4 Å². The Kier molecular flexibility index (Phi) is 5.26. The second kappa shape index (κ2) is 7.49. The van der Waals surface area contributed by atoms with Crippen molar-refractivity contribution in [1.82, 2.24) is 9.88 Å². The number of aromatic nitrogens is 1. The van der Waals surface area contributed by atoms with Crippen molar-refractivity contribution in [3.05, 3.63) is 53.9 Å². The molecule has 1 saturated heterocycles. The first-order valence-electron chi connectivity index (χ1n) is 8.56. The second-order valence-electron chi connectivity index (χ2n) is 6.65. The number of ether oxygens (including phenoxy) is 1. The molecule has 148 valence electrons. The lowest BCUT2D eigenvalue weighted by atomic mass is 10.1. The van der Waals surface area contributed by atoms with Crippen LogP contribution in [0.4, 0.5) is 23.7 Å². The minimum absolute atomic E-state index is 0.112. The molecule has 0 unspecified atom stereocenters. The van der Waals surface area contributed by atoms with Gasteiger partial charge in [0.2, 0.25) is 0 Å². The summed E-state index contributed by atoms with van der Waals surface area (Å²) in [7, 11) is 0. The Hall–Kier alpha value is -3.10. The van der Waals surface area contributed by atoms with Gasteiger partial charge in [-0.1, -0.05) is 13.8 Å². The molecule has 3 amide bonds. The number of carbonyl (C=O) groups is 2. The monoisotopic (exact) mass is 393 g/mol. The number of carbonyl (C=O) groups excluding carboxylic acids is 2. The zero-order chi connectivity index (χ0) is 20.5. The molecule has 0 bridgehead atoms. The smallest absolute Gasteiger partial charge is 0.406 e. The van der Waals surface area contributed by atoms with E-state index in [4.69, 9.17) is 0 Å². The zero-order valence-electron chi connectivity index (χ0n) is 15.2. The highest BCUT2D eigenvalue weighted by Gasteiger charge is 2.37. The quantitative estimate of drug-likeness (QED) is 0.719. The van der Waals surface area contributed by atoms with Gasteiger partial charge in [0.05, 0.1) is 5.69 Å². The van der Waals surface area contributed by atoms with Crippen LogP contribution in [-0.2, 0) is 11.3 Å². The number of pyridine rings is 1. The molecule has 0 radical (unpaired) electrons. The number of amides is 3. The standard InChI is InChI=1S/C19H18F3N3O3/c1-12(2)16-9-13(7-8-23-16)10-24-11-17(26)25(18(24)27)14-3-5-15(6-4-14)28-19(20,21)22/h3-9,12H,10-11H2,1-2H3. The topological polar surface area (TPSA) is 62.7 Å². The van der Waals surface area contributed by atoms with E-state index in [9.17, 15) is 22.8 Å². The predicted octanol–water partition coefficient (Wildman–Crippen LogP) is 4.07. The predicted molar refractivity (Wildman–Crippen MR) is 94.7 cm³/mol. The number of alkyl halides is 3. The molecule has 28 heavy (non-hydrogen) atoms. The van der Waals surface area contributed by atoms with Gasteiger partial charge in [-0.25, -0.2) is 9.69 Å². The van der Waals surface area contributed by atoms with Crippen LogP contribution in [-0.4, -0.2) is 34.7 Å². The van der Waals surface area contributed by atoms with E-state index in [1.807, 2.05) is 19.9 Å². The molecular weight excluding hydrogens is 375 g/mol. The lowest BCUT2D eigenvalue weighted by Gasteiger charge is -2.18. The Morgan fingerprint density at radius 1 is 1.14 bits per heavy atom. The Balaban J connectivity index is 1.74. The van der Waals surface area contributed by atoms with E-state index >= 15 is 0 Å². The highest BCUT2D eigenvalue weighted by atomic mass is 19.4. The molecule has 1 aliphatic heterocycles. The van der Waals surface area contributed by atoms with Gasteiger partial charge in [0.15, 0.2) is 0 Å². The van der Waals surface area contributed by atoms with Crippen molar-refractivity contribution in [3.8, 4) is 5.75 Å². The normalized spacial score (nSPS) is 14.9. The van der Waals surface area contributed by atoms with Crippen molar-refractivity contribution in [3.63, 3.8) is 0 Å². The summed E-state index contributed by atoms with van der Waals surface area (Å²) < 4.78 is 40.6. The van der Waals surface area contributed by atoms with E-state index in [-0.39, 0.29) is 24.7 Å². The summed E-state index contributed by atoms with van der Waals surface area (Å²) in [5, 5.41) is 0. The summed E-state index contributed by atoms with van der Waals surface area (Å²) in [4.78, 5) is 31.6. The van der Waals surface area contributed by atoms with Crippen LogP contribution in [0.5, 0.6) is 5.75 Å². The van der Waals surface area contributed by atoms with Crippen LogP contribution in [0, 0.1) is 0 Å². The summed E-state index contributed by atoms with van der Waals surface area (Å²) in [6, 6.07) is 7.72. The largest absolute Gasteiger partial charge is 0.573 e. The fraction of sp³-hybridized carbons (Fsp3) is 0.316. The van der Waals surface area contributed by atoms with Crippen LogP contribution >= 0.6 is 0 Å². The van der Waals surface area contributed by atoms with Crippen LogP contribution in [0.2, 0.25) is 0 Å². The third-order valence-electron chi connectivity index (χ3n) is 4.18. The summed E-state index contributed by atoms with van der Waals surface area (Å²) in [6.07, 6.45) is -3.15. The summed E-state index contributed by atoms with van der Waals surface area (Å²) in [5.41, 5.74) is 1.91.